The molecule has 0 aliphatic carbocycles. The van der Waals surface area contributed by atoms with Gasteiger partial charge in [0.2, 0.25) is 5.91 Å². The van der Waals surface area contributed by atoms with E-state index >= 15 is 0 Å². The van der Waals surface area contributed by atoms with Crippen LogP contribution in [0.25, 0.3) is 5.69 Å². The summed E-state index contributed by atoms with van der Waals surface area (Å²) >= 11 is 1.34. The zero-order valence-electron chi connectivity index (χ0n) is 11.0. The molecule has 2 N–H and O–H groups in total. The molecular formula is C14H17N3OS. The second-order valence-corrected chi connectivity index (χ2v) is 5.52. The smallest absolute Gasteiger partial charge is 0.227 e. The average molecular weight is 275 g/mol. The molecule has 2 aromatic rings. The molecule has 5 heteroatoms. The van der Waals surface area contributed by atoms with E-state index < -0.39 is 0 Å². The van der Waals surface area contributed by atoms with Crippen LogP contribution in [0.3, 0.4) is 0 Å². The maximum absolute atomic E-state index is 10.8. The van der Waals surface area contributed by atoms with Crippen LogP contribution in [0.1, 0.15) is 25.3 Å². The van der Waals surface area contributed by atoms with Gasteiger partial charge in [0.1, 0.15) is 0 Å². The van der Waals surface area contributed by atoms with Crippen molar-refractivity contribution in [2.75, 3.05) is 5.75 Å². The molecule has 0 spiro atoms. The highest BCUT2D eigenvalue weighted by atomic mass is 32.2. The minimum absolute atomic E-state index is 0.237. The molecule has 2 rings (SSSR count). The number of hydrogen-bond acceptors (Lipinski definition) is 3. The summed E-state index contributed by atoms with van der Waals surface area (Å²) in [4.78, 5) is 15.1. The fraction of sp³-hybridized carbons (Fsp3) is 0.286. The molecule has 0 saturated heterocycles. The molecular weight excluding hydrogens is 258 g/mol. The van der Waals surface area contributed by atoms with Gasteiger partial charge >= 0.3 is 0 Å². The Bertz CT molecular complexity index is 560. The second-order valence-electron chi connectivity index (χ2n) is 4.58. The number of benzene rings is 1. The van der Waals surface area contributed by atoms with E-state index in [9.17, 15) is 4.79 Å². The van der Waals surface area contributed by atoms with Crippen molar-refractivity contribution < 1.29 is 4.79 Å². The van der Waals surface area contributed by atoms with E-state index in [1.54, 1.807) is 6.20 Å². The van der Waals surface area contributed by atoms with Crippen LogP contribution in [0.5, 0.6) is 0 Å². The Kier molecular flexibility index (Phi) is 4.27. The van der Waals surface area contributed by atoms with Crippen molar-refractivity contribution in [3.8, 4) is 5.69 Å². The van der Waals surface area contributed by atoms with Crippen molar-refractivity contribution in [1.29, 1.82) is 0 Å². The summed E-state index contributed by atoms with van der Waals surface area (Å²) in [6, 6.07) is 8.35. The number of rotatable bonds is 5. The van der Waals surface area contributed by atoms with Gasteiger partial charge in [0.15, 0.2) is 5.16 Å². The van der Waals surface area contributed by atoms with Crippen molar-refractivity contribution in [3.63, 3.8) is 0 Å². The van der Waals surface area contributed by atoms with E-state index in [1.807, 2.05) is 10.8 Å². The van der Waals surface area contributed by atoms with Crippen LogP contribution in [0.15, 0.2) is 41.8 Å². The van der Waals surface area contributed by atoms with Crippen molar-refractivity contribution in [3.05, 3.63) is 42.2 Å². The molecule has 0 fully saturated rings. The number of carbonyl (C=O) groups excluding carboxylic acids is 1. The van der Waals surface area contributed by atoms with E-state index in [-0.39, 0.29) is 11.7 Å². The van der Waals surface area contributed by atoms with Gasteiger partial charge in [-0.05, 0) is 23.6 Å². The topological polar surface area (TPSA) is 60.9 Å². The van der Waals surface area contributed by atoms with Gasteiger partial charge in [0, 0.05) is 18.1 Å². The Morgan fingerprint density at radius 2 is 2.05 bits per heavy atom. The third-order valence-corrected chi connectivity index (χ3v) is 3.78. The van der Waals surface area contributed by atoms with Crippen LogP contribution in [-0.2, 0) is 4.79 Å². The summed E-state index contributed by atoms with van der Waals surface area (Å²) in [6.45, 7) is 4.33. The zero-order chi connectivity index (χ0) is 13.8. The maximum Gasteiger partial charge on any atom is 0.227 e. The highest BCUT2D eigenvalue weighted by Gasteiger charge is 2.07. The minimum Gasteiger partial charge on any atom is -0.369 e. The quantitative estimate of drug-likeness (QED) is 0.853. The first kappa shape index (κ1) is 13.7. The first-order chi connectivity index (χ1) is 9.08. The van der Waals surface area contributed by atoms with E-state index in [0.29, 0.717) is 5.92 Å². The second kappa shape index (κ2) is 5.93. The van der Waals surface area contributed by atoms with Gasteiger partial charge in [-0.2, -0.15) is 0 Å². The average Bonchev–Trinajstić information content (AvgIpc) is 2.84. The molecule has 4 nitrogen and oxygen atoms in total. The molecule has 0 aliphatic heterocycles. The normalized spacial score (nSPS) is 10.9. The van der Waals surface area contributed by atoms with Gasteiger partial charge in [-0.1, -0.05) is 37.7 Å². The third kappa shape index (κ3) is 3.38. The molecule has 19 heavy (non-hydrogen) atoms. The predicted molar refractivity (Wildman–Crippen MR) is 77.6 cm³/mol. The highest BCUT2D eigenvalue weighted by Crippen LogP contribution is 2.22. The predicted octanol–water partition coefficient (Wildman–Crippen LogP) is 2.57. The molecule has 100 valence electrons. The SMILES string of the molecule is CC(C)c1ccc(-n2ccnc2SCC(N)=O)cc1. The number of aromatic nitrogens is 2. The lowest BCUT2D eigenvalue weighted by atomic mass is 10.0. The Morgan fingerprint density at radius 1 is 1.37 bits per heavy atom. The molecule has 1 aromatic heterocycles. The zero-order valence-corrected chi connectivity index (χ0v) is 11.9. The van der Waals surface area contributed by atoms with E-state index in [2.05, 4.69) is 43.1 Å². The molecule has 0 unspecified atom stereocenters. The standard InChI is InChI=1S/C14H17N3OS/c1-10(2)11-3-5-12(6-4-11)17-8-7-16-14(17)19-9-13(15)18/h3-8,10H,9H2,1-2H3,(H2,15,18). The third-order valence-electron chi connectivity index (χ3n) is 2.79. The van der Waals surface area contributed by atoms with Gasteiger partial charge in [-0.25, -0.2) is 4.98 Å². The number of carbonyl (C=O) groups is 1. The highest BCUT2D eigenvalue weighted by molar-refractivity contribution is 7.99. The number of amides is 1. The van der Waals surface area contributed by atoms with Gasteiger partial charge in [-0.3, -0.25) is 9.36 Å². The van der Waals surface area contributed by atoms with Gasteiger partial charge < -0.3 is 5.73 Å². The first-order valence-electron chi connectivity index (χ1n) is 6.12. The minimum atomic E-state index is -0.338. The maximum atomic E-state index is 10.8. The molecule has 0 bridgehead atoms. The molecule has 1 amide bonds. The Labute approximate surface area is 117 Å². The molecule has 0 aliphatic rings. The van der Waals surface area contributed by atoms with Crippen LogP contribution in [0.4, 0.5) is 0 Å². The lowest BCUT2D eigenvalue weighted by Crippen LogP contribution is -2.13. The molecule has 0 atom stereocenters. The van der Waals surface area contributed by atoms with Crippen LogP contribution in [0.2, 0.25) is 0 Å². The fourth-order valence-corrected chi connectivity index (χ4v) is 2.46. The summed E-state index contributed by atoms with van der Waals surface area (Å²) in [7, 11) is 0. The van der Waals surface area contributed by atoms with Crippen LogP contribution in [0, 0.1) is 0 Å². The van der Waals surface area contributed by atoms with Gasteiger partial charge in [-0.15, -0.1) is 0 Å². The van der Waals surface area contributed by atoms with Gasteiger partial charge in [0.25, 0.3) is 0 Å². The van der Waals surface area contributed by atoms with Crippen LogP contribution in [-0.4, -0.2) is 21.2 Å². The monoisotopic (exact) mass is 275 g/mol. The van der Waals surface area contributed by atoms with E-state index in [0.717, 1.165) is 10.8 Å². The number of thioether (sulfide) groups is 1. The van der Waals surface area contributed by atoms with E-state index in [4.69, 9.17) is 5.73 Å². The van der Waals surface area contributed by atoms with Crippen molar-refractivity contribution in [1.82, 2.24) is 9.55 Å². The lowest BCUT2D eigenvalue weighted by Gasteiger charge is -2.09. The van der Waals surface area contributed by atoms with Crippen molar-refractivity contribution in [2.24, 2.45) is 5.73 Å². The molecule has 1 aromatic carbocycles. The number of nitrogens with two attached hydrogens (primary N) is 1. The first-order valence-corrected chi connectivity index (χ1v) is 7.11. The molecule has 0 saturated carbocycles. The molecule has 0 radical (unpaired) electrons. The fourth-order valence-electron chi connectivity index (χ4n) is 1.75. The lowest BCUT2D eigenvalue weighted by molar-refractivity contribution is -0.115. The summed E-state index contributed by atoms with van der Waals surface area (Å²) in [5, 5.41) is 0.774. The summed E-state index contributed by atoms with van der Waals surface area (Å²) in [5.41, 5.74) is 7.49. The van der Waals surface area contributed by atoms with Crippen LogP contribution >= 0.6 is 11.8 Å². The number of imidazole rings is 1. The Morgan fingerprint density at radius 3 is 2.63 bits per heavy atom. The summed E-state index contributed by atoms with van der Waals surface area (Å²) < 4.78 is 1.96. The Hall–Kier alpha value is -1.75. The van der Waals surface area contributed by atoms with E-state index in [1.165, 1.54) is 17.3 Å². The van der Waals surface area contributed by atoms with Crippen LogP contribution < -0.4 is 5.73 Å². The molecule has 1 heterocycles. The van der Waals surface area contributed by atoms with Crippen molar-refractivity contribution in [2.45, 2.75) is 24.9 Å². The summed E-state index contributed by atoms with van der Waals surface area (Å²) in [5.74, 6) is 0.413. The number of nitrogens with zero attached hydrogens (tertiary/aromatic N) is 2. The Balaban J connectivity index is 2.22. The summed E-state index contributed by atoms with van der Waals surface area (Å²) in [6.07, 6.45) is 3.60. The van der Waals surface area contributed by atoms with Gasteiger partial charge in [0.05, 0.1) is 5.75 Å². The number of hydrogen-bond donors (Lipinski definition) is 1. The largest absolute Gasteiger partial charge is 0.369 e. The van der Waals surface area contributed by atoms with Crippen molar-refractivity contribution >= 4 is 17.7 Å². The number of primary amides is 1.